The Morgan fingerprint density at radius 1 is 0.655 bits per heavy atom. The van der Waals surface area contributed by atoms with Crippen molar-refractivity contribution in [1.29, 1.82) is 0 Å². The molecule has 0 aromatic heterocycles. The summed E-state index contributed by atoms with van der Waals surface area (Å²) in [5.41, 5.74) is 0. The molecular weight excluding hydrogens is 753 g/mol. The standard InChI is InChI=1S/C47H82NO9P/c1-6-8-10-12-14-16-18-20-22-24-26-28-30-34-38-46(50)54-42-45(43-56-58(52,53)55-41-40-48(3,4)5)57-47(51)39-35-31-33-37-44(49)36-32-29-27-25-23-21-19-17-15-13-11-9-7-2/h9,11,15,17,21,23,27,29,31-33,36,44-45,49H,6-8,10,12-14,16,18-20,22,24-26,28,30,34-35,37-43H2,1-5H3/b11-9-,17-15-,23-21-,29-27-,33-31-,36-32-/t44?,45-/m1/s1. The van der Waals surface area contributed by atoms with Crippen molar-refractivity contribution in [1.82, 2.24) is 0 Å². The van der Waals surface area contributed by atoms with Gasteiger partial charge in [0.1, 0.15) is 19.8 Å². The lowest BCUT2D eigenvalue weighted by atomic mass is 10.0. The van der Waals surface area contributed by atoms with Crippen LogP contribution in [0.3, 0.4) is 0 Å². The molecule has 0 fully saturated rings. The van der Waals surface area contributed by atoms with Gasteiger partial charge in [-0.1, -0.05) is 170 Å². The number of rotatable bonds is 39. The van der Waals surface area contributed by atoms with E-state index >= 15 is 0 Å². The van der Waals surface area contributed by atoms with Crippen LogP contribution in [0.2, 0.25) is 0 Å². The minimum absolute atomic E-state index is 0.0168. The van der Waals surface area contributed by atoms with E-state index in [0.29, 0.717) is 30.3 Å². The second kappa shape index (κ2) is 38.6. The number of phosphoric ester groups is 1. The van der Waals surface area contributed by atoms with Crippen molar-refractivity contribution in [3.8, 4) is 0 Å². The van der Waals surface area contributed by atoms with E-state index in [9.17, 15) is 24.2 Å². The van der Waals surface area contributed by atoms with Crippen molar-refractivity contribution in [2.45, 2.75) is 167 Å². The van der Waals surface area contributed by atoms with Crippen molar-refractivity contribution < 1.29 is 47.2 Å². The van der Waals surface area contributed by atoms with E-state index in [-0.39, 0.29) is 26.1 Å². The summed E-state index contributed by atoms with van der Waals surface area (Å²) in [6.45, 7) is 3.89. The highest BCUT2D eigenvalue weighted by molar-refractivity contribution is 7.45. The molecule has 1 N–H and O–H groups in total. The predicted molar refractivity (Wildman–Crippen MR) is 237 cm³/mol. The fourth-order valence-corrected chi connectivity index (χ4v) is 6.32. The Morgan fingerprint density at radius 2 is 1.21 bits per heavy atom. The zero-order valence-corrected chi connectivity index (χ0v) is 38.0. The van der Waals surface area contributed by atoms with E-state index in [0.717, 1.165) is 44.9 Å². The average molecular weight is 836 g/mol. The molecule has 0 aromatic carbocycles. The molecule has 0 saturated carbocycles. The number of phosphoric acid groups is 1. The molecule has 0 heterocycles. The summed E-state index contributed by atoms with van der Waals surface area (Å²) in [5.74, 6) is -1.02. The topological polar surface area (TPSA) is 131 Å². The maximum atomic E-state index is 12.7. The molecule has 0 aromatic rings. The molecule has 0 aliphatic rings. The van der Waals surface area contributed by atoms with Crippen molar-refractivity contribution in [3.05, 3.63) is 72.9 Å². The molecule has 3 atom stereocenters. The third-order valence-corrected chi connectivity index (χ3v) is 10.0. The van der Waals surface area contributed by atoms with Crippen LogP contribution in [0.1, 0.15) is 155 Å². The minimum atomic E-state index is -4.68. The molecule has 0 aliphatic heterocycles. The zero-order chi connectivity index (χ0) is 43.0. The molecule has 58 heavy (non-hydrogen) atoms. The SMILES string of the molecule is CC/C=C\C/C=C\C/C=C\C/C=C\C=C/C(O)C/C=C\CCC(=O)O[C@H](COC(=O)CCCCCCCCCCCCCCCC)COP(=O)([O-])OCC[N+](C)(C)C. The number of esters is 2. The van der Waals surface area contributed by atoms with Gasteiger partial charge in [0.15, 0.2) is 6.10 Å². The molecule has 0 radical (unpaired) electrons. The van der Waals surface area contributed by atoms with E-state index in [4.69, 9.17) is 18.5 Å². The van der Waals surface area contributed by atoms with Gasteiger partial charge in [0.05, 0.1) is 33.9 Å². The molecule has 0 rings (SSSR count). The van der Waals surface area contributed by atoms with Crippen LogP contribution in [0.4, 0.5) is 0 Å². The highest BCUT2D eigenvalue weighted by Gasteiger charge is 2.21. The van der Waals surface area contributed by atoms with Crippen LogP contribution in [0.5, 0.6) is 0 Å². The summed E-state index contributed by atoms with van der Waals surface area (Å²) in [4.78, 5) is 37.5. The van der Waals surface area contributed by atoms with Crippen LogP contribution >= 0.6 is 7.82 Å². The summed E-state index contributed by atoms with van der Waals surface area (Å²) in [6.07, 6.45) is 43.9. The number of nitrogens with zero attached hydrogens (tertiary/aromatic N) is 1. The highest BCUT2D eigenvalue weighted by Crippen LogP contribution is 2.38. The molecule has 0 bridgehead atoms. The van der Waals surface area contributed by atoms with Gasteiger partial charge in [0.2, 0.25) is 0 Å². The number of aliphatic hydroxyl groups is 1. The second-order valence-corrected chi connectivity index (χ2v) is 17.3. The van der Waals surface area contributed by atoms with Gasteiger partial charge >= 0.3 is 11.9 Å². The lowest BCUT2D eigenvalue weighted by molar-refractivity contribution is -0.870. The quantitative estimate of drug-likeness (QED) is 0.0160. The first kappa shape index (κ1) is 55.4. The predicted octanol–water partition coefficient (Wildman–Crippen LogP) is 11.0. The van der Waals surface area contributed by atoms with Crippen LogP contribution < -0.4 is 4.89 Å². The maximum Gasteiger partial charge on any atom is 0.306 e. The third-order valence-electron chi connectivity index (χ3n) is 9.08. The monoisotopic (exact) mass is 836 g/mol. The van der Waals surface area contributed by atoms with E-state index in [1.54, 1.807) is 18.2 Å². The Morgan fingerprint density at radius 3 is 1.78 bits per heavy atom. The van der Waals surface area contributed by atoms with Crippen molar-refractivity contribution in [3.63, 3.8) is 0 Å². The Hall–Kier alpha value is -2.59. The molecule has 2 unspecified atom stereocenters. The van der Waals surface area contributed by atoms with Gasteiger partial charge in [-0.3, -0.25) is 14.2 Å². The van der Waals surface area contributed by atoms with Crippen LogP contribution in [-0.2, 0) is 32.7 Å². The average Bonchev–Trinajstić information content (AvgIpc) is 3.17. The van der Waals surface area contributed by atoms with Crippen molar-refractivity contribution in [2.24, 2.45) is 0 Å². The Labute approximate surface area is 353 Å². The molecule has 0 saturated heterocycles. The number of allylic oxidation sites excluding steroid dienone is 10. The summed E-state index contributed by atoms with van der Waals surface area (Å²) in [6, 6.07) is 0. The second-order valence-electron chi connectivity index (χ2n) is 15.9. The Bertz CT molecular complexity index is 1230. The summed E-state index contributed by atoms with van der Waals surface area (Å²) in [5, 5.41) is 10.2. The van der Waals surface area contributed by atoms with Gasteiger partial charge in [0, 0.05) is 12.8 Å². The molecule has 10 nitrogen and oxygen atoms in total. The number of carbonyl (C=O) groups is 2. The number of hydrogen-bond donors (Lipinski definition) is 1. The number of aliphatic hydroxyl groups excluding tert-OH is 1. The number of carbonyl (C=O) groups excluding carboxylic acids is 2. The minimum Gasteiger partial charge on any atom is -0.756 e. The number of hydrogen-bond acceptors (Lipinski definition) is 9. The molecule has 0 spiro atoms. The van der Waals surface area contributed by atoms with E-state index in [1.807, 2.05) is 39.4 Å². The van der Waals surface area contributed by atoms with Gasteiger partial charge in [0.25, 0.3) is 7.82 Å². The van der Waals surface area contributed by atoms with Gasteiger partial charge in [-0.15, -0.1) is 0 Å². The lowest BCUT2D eigenvalue weighted by Gasteiger charge is -2.28. The van der Waals surface area contributed by atoms with Crippen LogP contribution in [0, 0.1) is 0 Å². The Kier molecular flexibility index (Phi) is 36.9. The third kappa shape index (κ3) is 41.6. The summed E-state index contributed by atoms with van der Waals surface area (Å²) in [7, 11) is 1.05. The smallest absolute Gasteiger partial charge is 0.306 e. The molecule has 0 amide bonds. The van der Waals surface area contributed by atoms with Gasteiger partial charge < -0.3 is 33.0 Å². The molecule has 11 heteroatoms. The largest absolute Gasteiger partial charge is 0.756 e. The van der Waals surface area contributed by atoms with E-state index in [2.05, 4.69) is 50.3 Å². The lowest BCUT2D eigenvalue weighted by Crippen LogP contribution is -2.37. The van der Waals surface area contributed by atoms with Crippen molar-refractivity contribution in [2.75, 3.05) is 47.5 Å². The van der Waals surface area contributed by atoms with Crippen LogP contribution in [0.15, 0.2) is 72.9 Å². The van der Waals surface area contributed by atoms with Gasteiger partial charge in [-0.2, -0.15) is 0 Å². The zero-order valence-electron chi connectivity index (χ0n) is 37.1. The Balaban J connectivity index is 4.59. The number of likely N-dealkylation sites (N-methyl/N-ethyl adjacent to an activating group) is 1. The fraction of sp³-hybridized carbons (Fsp3) is 0.702. The molecule has 0 aliphatic carbocycles. The maximum absolute atomic E-state index is 12.7. The fourth-order valence-electron chi connectivity index (χ4n) is 5.59. The number of ether oxygens (including phenoxy) is 2. The first-order valence-electron chi connectivity index (χ1n) is 22.3. The first-order valence-corrected chi connectivity index (χ1v) is 23.7. The van der Waals surface area contributed by atoms with E-state index in [1.165, 1.54) is 64.2 Å². The van der Waals surface area contributed by atoms with Crippen LogP contribution in [-0.4, -0.2) is 81.2 Å². The summed E-state index contributed by atoms with van der Waals surface area (Å²) >= 11 is 0. The number of quaternary nitrogens is 1. The molecule has 334 valence electrons. The molecular formula is C47H82NO9P. The highest BCUT2D eigenvalue weighted by atomic mass is 31.2. The van der Waals surface area contributed by atoms with Crippen molar-refractivity contribution >= 4 is 19.8 Å². The number of unbranched alkanes of at least 4 members (excludes halogenated alkanes) is 13. The van der Waals surface area contributed by atoms with Gasteiger partial charge in [-0.05, 0) is 44.9 Å². The van der Waals surface area contributed by atoms with Gasteiger partial charge in [-0.25, -0.2) is 0 Å². The van der Waals surface area contributed by atoms with E-state index < -0.39 is 38.6 Å². The summed E-state index contributed by atoms with van der Waals surface area (Å²) < 4.78 is 33.7. The van der Waals surface area contributed by atoms with Crippen LogP contribution in [0.25, 0.3) is 0 Å². The normalized spacial score (nSPS) is 14.8. The first-order chi connectivity index (χ1) is 27.9.